The number of amides is 1. The minimum Gasteiger partial charge on any atom is -0.338 e. The first-order valence-electron chi connectivity index (χ1n) is 6.65. The molecule has 0 saturated carbocycles. The van der Waals surface area contributed by atoms with E-state index in [0.717, 1.165) is 26.1 Å². The van der Waals surface area contributed by atoms with Crippen LogP contribution in [-0.2, 0) is 11.3 Å². The lowest BCUT2D eigenvalue weighted by molar-refractivity contribution is -0.135. The van der Waals surface area contributed by atoms with Crippen molar-refractivity contribution in [2.45, 2.75) is 31.8 Å². The van der Waals surface area contributed by atoms with Crippen molar-refractivity contribution in [1.29, 1.82) is 0 Å². The molecule has 106 valence electrons. The van der Waals surface area contributed by atoms with E-state index in [1.165, 1.54) is 6.42 Å². The van der Waals surface area contributed by atoms with Crippen molar-refractivity contribution < 1.29 is 4.79 Å². The van der Waals surface area contributed by atoms with Gasteiger partial charge in [0.2, 0.25) is 5.91 Å². The molecular formula is C12H20ClN5O. The molecular weight excluding hydrogens is 266 g/mol. The molecule has 1 amide bonds. The standard InChI is InChI=1S/C12H19N5O.ClH/c18-12(3-4-16-8-14-15-9-16)17-7-10-1-2-11(17)6-13-5-10;/h8-11,13H,1-7H2;1H/t10-,11+;/m1./s1. The predicted molar refractivity (Wildman–Crippen MR) is 73.0 cm³/mol. The van der Waals surface area contributed by atoms with Gasteiger partial charge >= 0.3 is 0 Å². The van der Waals surface area contributed by atoms with Gasteiger partial charge in [-0.2, -0.15) is 0 Å². The molecule has 1 aromatic heterocycles. The summed E-state index contributed by atoms with van der Waals surface area (Å²) in [6.07, 6.45) is 6.26. The van der Waals surface area contributed by atoms with Crippen LogP contribution in [0, 0.1) is 5.92 Å². The van der Waals surface area contributed by atoms with Crippen molar-refractivity contribution in [2.75, 3.05) is 19.6 Å². The van der Waals surface area contributed by atoms with E-state index in [2.05, 4.69) is 20.4 Å². The molecule has 4 rings (SSSR count). The molecule has 0 aliphatic carbocycles. The first-order valence-corrected chi connectivity index (χ1v) is 6.65. The number of piperidine rings is 1. The van der Waals surface area contributed by atoms with Gasteiger partial charge in [0.1, 0.15) is 12.7 Å². The van der Waals surface area contributed by atoms with E-state index in [9.17, 15) is 4.79 Å². The van der Waals surface area contributed by atoms with Gasteiger partial charge in [-0.25, -0.2) is 0 Å². The van der Waals surface area contributed by atoms with Crippen LogP contribution in [0.2, 0.25) is 0 Å². The smallest absolute Gasteiger partial charge is 0.224 e. The van der Waals surface area contributed by atoms with Crippen LogP contribution < -0.4 is 5.32 Å². The van der Waals surface area contributed by atoms with Crippen LogP contribution in [-0.4, -0.2) is 51.2 Å². The van der Waals surface area contributed by atoms with Gasteiger partial charge in [-0.3, -0.25) is 4.79 Å². The molecule has 7 heteroatoms. The van der Waals surface area contributed by atoms with E-state index in [4.69, 9.17) is 0 Å². The van der Waals surface area contributed by atoms with Crippen LogP contribution in [0.3, 0.4) is 0 Å². The molecule has 4 heterocycles. The Bertz CT molecular complexity index is 406. The fourth-order valence-corrected chi connectivity index (χ4v) is 2.95. The number of hydrogen-bond acceptors (Lipinski definition) is 4. The van der Waals surface area contributed by atoms with Crippen molar-refractivity contribution in [2.24, 2.45) is 5.92 Å². The second-order valence-corrected chi connectivity index (χ2v) is 5.25. The van der Waals surface area contributed by atoms with Gasteiger partial charge in [-0.1, -0.05) is 0 Å². The molecule has 2 atom stereocenters. The number of hydrogen-bond donors (Lipinski definition) is 1. The second-order valence-electron chi connectivity index (χ2n) is 5.25. The number of aryl methyl sites for hydroxylation is 1. The van der Waals surface area contributed by atoms with Crippen LogP contribution in [0.15, 0.2) is 12.7 Å². The average Bonchev–Trinajstić information content (AvgIpc) is 2.71. The summed E-state index contributed by atoms with van der Waals surface area (Å²) < 4.78 is 1.85. The third kappa shape index (κ3) is 3.25. The van der Waals surface area contributed by atoms with Crippen molar-refractivity contribution in [3.05, 3.63) is 12.7 Å². The number of carbonyl (C=O) groups is 1. The van der Waals surface area contributed by atoms with E-state index in [0.29, 0.717) is 24.9 Å². The summed E-state index contributed by atoms with van der Waals surface area (Å²) in [5, 5.41) is 10.9. The monoisotopic (exact) mass is 285 g/mol. The molecule has 6 nitrogen and oxygen atoms in total. The predicted octanol–water partition coefficient (Wildman–Crippen LogP) is 0.300. The van der Waals surface area contributed by atoms with Gasteiger partial charge in [0.25, 0.3) is 0 Å². The Kier molecular flexibility index (Phi) is 4.76. The fraction of sp³-hybridized carbons (Fsp3) is 0.750. The maximum absolute atomic E-state index is 12.3. The zero-order valence-electron chi connectivity index (χ0n) is 10.9. The quantitative estimate of drug-likeness (QED) is 0.868. The lowest BCUT2D eigenvalue weighted by atomic mass is 9.95. The normalized spacial score (nSPS) is 25.8. The van der Waals surface area contributed by atoms with Crippen molar-refractivity contribution >= 4 is 18.3 Å². The molecule has 3 saturated heterocycles. The van der Waals surface area contributed by atoms with Crippen LogP contribution in [0.4, 0.5) is 0 Å². The fourth-order valence-electron chi connectivity index (χ4n) is 2.95. The number of nitrogens with one attached hydrogen (secondary N) is 1. The first kappa shape index (κ1) is 14.3. The number of nitrogens with zero attached hydrogens (tertiary/aromatic N) is 4. The van der Waals surface area contributed by atoms with Gasteiger partial charge in [-0.05, 0) is 25.3 Å². The highest BCUT2D eigenvalue weighted by molar-refractivity contribution is 5.85. The molecule has 0 spiro atoms. The van der Waals surface area contributed by atoms with Gasteiger partial charge in [0, 0.05) is 32.1 Å². The molecule has 3 fully saturated rings. The molecule has 1 N–H and O–H groups in total. The first-order chi connectivity index (χ1) is 8.83. The third-order valence-electron chi connectivity index (χ3n) is 3.99. The number of fused-ring (bicyclic) bond motifs is 4. The molecule has 19 heavy (non-hydrogen) atoms. The van der Waals surface area contributed by atoms with Gasteiger partial charge in [-0.15, -0.1) is 22.6 Å². The van der Waals surface area contributed by atoms with Crippen LogP contribution in [0.1, 0.15) is 19.3 Å². The average molecular weight is 286 g/mol. The van der Waals surface area contributed by atoms with Gasteiger partial charge < -0.3 is 14.8 Å². The zero-order chi connectivity index (χ0) is 12.4. The van der Waals surface area contributed by atoms with E-state index < -0.39 is 0 Å². The second kappa shape index (κ2) is 6.34. The Morgan fingerprint density at radius 2 is 2.05 bits per heavy atom. The minimum atomic E-state index is 0. The summed E-state index contributed by atoms with van der Waals surface area (Å²) >= 11 is 0. The largest absolute Gasteiger partial charge is 0.338 e. The topological polar surface area (TPSA) is 63.1 Å². The van der Waals surface area contributed by atoms with Gasteiger partial charge in [0.15, 0.2) is 0 Å². The zero-order valence-corrected chi connectivity index (χ0v) is 11.7. The molecule has 1 aromatic rings. The van der Waals surface area contributed by atoms with E-state index >= 15 is 0 Å². The summed E-state index contributed by atoms with van der Waals surface area (Å²) in [5.74, 6) is 0.907. The molecule has 2 bridgehead atoms. The van der Waals surface area contributed by atoms with Gasteiger partial charge in [0.05, 0.1) is 0 Å². The van der Waals surface area contributed by atoms with E-state index in [1.807, 2.05) is 4.57 Å². The SMILES string of the molecule is Cl.O=C(CCn1cnnc1)N1C[C@@H]2CC[C@H]1CNC2. The Hall–Kier alpha value is -1.14. The summed E-state index contributed by atoms with van der Waals surface area (Å²) in [6, 6.07) is 0.400. The molecule has 0 unspecified atom stereocenters. The lowest BCUT2D eigenvalue weighted by Crippen LogP contribution is -2.47. The summed E-state index contributed by atoms with van der Waals surface area (Å²) in [4.78, 5) is 14.4. The molecule has 3 aliphatic rings. The van der Waals surface area contributed by atoms with Crippen LogP contribution in [0.25, 0.3) is 0 Å². The number of carbonyl (C=O) groups excluding carboxylic acids is 1. The molecule has 0 aromatic carbocycles. The van der Waals surface area contributed by atoms with E-state index in [-0.39, 0.29) is 18.3 Å². The maximum Gasteiger partial charge on any atom is 0.224 e. The number of rotatable bonds is 3. The summed E-state index contributed by atoms with van der Waals surface area (Å²) in [6.45, 7) is 3.62. The number of halogens is 1. The van der Waals surface area contributed by atoms with Crippen molar-refractivity contribution in [1.82, 2.24) is 25.0 Å². The van der Waals surface area contributed by atoms with Crippen molar-refractivity contribution in [3.63, 3.8) is 0 Å². The number of aromatic nitrogens is 3. The Balaban J connectivity index is 0.00000133. The third-order valence-corrected chi connectivity index (χ3v) is 3.99. The Morgan fingerprint density at radius 3 is 2.84 bits per heavy atom. The Morgan fingerprint density at radius 1 is 1.26 bits per heavy atom. The van der Waals surface area contributed by atoms with Crippen LogP contribution in [0.5, 0.6) is 0 Å². The van der Waals surface area contributed by atoms with E-state index in [1.54, 1.807) is 12.7 Å². The lowest BCUT2D eigenvalue weighted by Gasteiger charge is -2.36. The highest BCUT2D eigenvalue weighted by Gasteiger charge is 2.33. The molecule has 3 aliphatic heterocycles. The highest BCUT2D eigenvalue weighted by Crippen LogP contribution is 2.24. The maximum atomic E-state index is 12.3. The van der Waals surface area contributed by atoms with Crippen LogP contribution >= 0.6 is 12.4 Å². The molecule has 0 radical (unpaired) electrons. The van der Waals surface area contributed by atoms with Crippen molar-refractivity contribution in [3.8, 4) is 0 Å². The summed E-state index contributed by atoms with van der Waals surface area (Å²) in [5.41, 5.74) is 0. The minimum absolute atomic E-state index is 0. The Labute approximate surface area is 119 Å². The summed E-state index contributed by atoms with van der Waals surface area (Å²) in [7, 11) is 0. The highest BCUT2D eigenvalue weighted by atomic mass is 35.5.